The molecule has 1 atom stereocenters. The predicted octanol–water partition coefficient (Wildman–Crippen LogP) is 2.27. The van der Waals surface area contributed by atoms with Gasteiger partial charge in [0.25, 0.3) is 0 Å². The van der Waals surface area contributed by atoms with Gasteiger partial charge in [0.2, 0.25) is 5.91 Å². The molecule has 1 aliphatic heterocycles. The Balaban J connectivity index is 1.83. The van der Waals surface area contributed by atoms with Crippen molar-refractivity contribution >= 4 is 5.91 Å². The van der Waals surface area contributed by atoms with Crippen LogP contribution in [0.3, 0.4) is 0 Å². The Kier molecular flexibility index (Phi) is 5.41. The fourth-order valence-corrected chi connectivity index (χ4v) is 2.41. The first-order valence-electron chi connectivity index (χ1n) is 7.17. The molecule has 1 fully saturated rings. The van der Waals surface area contributed by atoms with Gasteiger partial charge in [0.15, 0.2) is 0 Å². The molecule has 1 heterocycles. The molecule has 0 N–H and O–H groups in total. The van der Waals surface area contributed by atoms with E-state index in [1.807, 2.05) is 31.3 Å². The number of carbonyl (C=O) groups excluding carboxylic acids is 1. The number of nitrogens with zero attached hydrogens (tertiary/aromatic N) is 1. The molecule has 20 heavy (non-hydrogen) atoms. The number of amides is 1. The number of hydrogen-bond acceptors (Lipinski definition) is 3. The summed E-state index contributed by atoms with van der Waals surface area (Å²) in [6.45, 7) is 1.51. The molecule has 0 aromatic heterocycles. The highest BCUT2D eigenvalue weighted by molar-refractivity contribution is 5.78. The lowest BCUT2D eigenvalue weighted by atomic mass is 10.1. The maximum atomic E-state index is 12.2. The highest BCUT2D eigenvalue weighted by Gasteiger charge is 2.18. The largest absolute Gasteiger partial charge is 0.497 e. The number of hydrogen-bond donors (Lipinski definition) is 0. The molecular formula is C16H23NO3. The lowest BCUT2D eigenvalue weighted by Crippen LogP contribution is -2.37. The predicted molar refractivity (Wildman–Crippen MR) is 77.9 cm³/mol. The molecule has 110 valence electrons. The standard InChI is InChI=1S/C16H23NO3/c1-17(12-15-5-3-4-10-20-15)16(18)11-13-6-8-14(19-2)9-7-13/h6-9,15H,3-5,10-12H2,1-2H3/t15-/m1/s1. The second-order valence-electron chi connectivity index (χ2n) is 5.29. The Bertz CT molecular complexity index is 424. The van der Waals surface area contributed by atoms with Gasteiger partial charge in [-0.2, -0.15) is 0 Å². The molecule has 0 radical (unpaired) electrons. The molecule has 1 aromatic rings. The smallest absolute Gasteiger partial charge is 0.226 e. The normalized spacial score (nSPS) is 18.6. The Morgan fingerprint density at radius 3 is 2.70 bits per heavy atom. The van der Waals surface area contributed by atoms with Gasteiger partial charge in [0.1, 0.15) is 5.75 Å². The summed E-state index contributed by atoms with van der Waals surface area (Å²) in [4.78, 5) is 14.0. The van der Waals surface area contributed by atoms with E-state index < -0.39 is 0 Å². The van der Waals surface area contributed by atoms with E-state index >= 15 is 0 Å². The Morgan fingerprint density at radius 1 is 1.35 bits per heavy atom. The summed E-state index contributed by atoms with van der Waals surface area (Å²) in [5.74, 6) is 0.939. The second-order valence-corrected chi connectivity index (χ2v) is 5.29. The van der Waals surface area contributed by atoms with Gasteiger partial charge >= 0.3 is 0 Å². The van der Waals surface area contributed by atoms with Gasteiger partial charge in [0.05, 0.1) is 19.6 Å². The van der Waals surface area contributed by atoms with Crippen molar-refractivity contribution in [3.05, 3.63) is 29.8 Å². The van der Waals surface area contributed by atoms with Crippen molar-refractivity contribution in [3.63, 3.8) is 0 Å². The van der Waals surface area contributed by atoms with Crippen LogP contribution < -0.4 is 4.74 Å². The molecule has 2 rings (SSSR count). The van der Waals surface area contributed by atoms with Gasteiger partial charge in [-0.25, -0.2) is 0 Å². The zero-order chi connectivity index (χ0) is 14.4. The molecule has 0 aliphatic carbocycles. The number of methoxy groups -OCH3 is 1. The van der Waals surface area contributed by atoms with Crippen LogP contribution in [-0.2, 0) is 16.0 Å². The first-order chi connectivity index (χ1) is 9.69. The monoisotopic (exact) mass is 277 g/mol. The topological polar surface area (TPSA) is 38.8 Å². The maximum Gasteiger partial charge on any atom is 0.226 e. The van der Waals surface area contributed by atoms with E-state index in [-0.39, 0.29) is 12.0 Å². The molecule has 4 nitrogen and oxygen atoms in total. The molecular weight excluding hydrogens is 254 g/mol. The van der Waals surface area contributed by atoms with Crippen LogP contribution in [0.15, 0.2) is 24.3 Å². The second kappa shape index (κ2) is 7.29. The summed E-state index contributed by atoms with van der Waals surface area (Å²) in [5, 5.41) is 0. The van der Waals surface area contributed by atoms with E-state index in [4.69, 9.17) is 9.47 Å². The molecule has 1 aromatic carbocycles. The van der Waals surface area contributed by atoms with E-state index in [1.54, 1.807) is 12.0 Å². The van der Waals surface area contributed by atoms with Crippen LogP contribution in [0.2, 0.25) is 0 Å². The molecule has 0 bridgehead atoms. The zero-order valence-electron chi connectivity index (χ0n) is 12.3. The van der Waals surface area contributed by atoms with Gasteiger partial charge in [-0.1, -0.05) is 12.1 Å². The fourth-order valence-electron chi connectivity index (χ4n) is 2.41. The third kappa shape index (κ3) is 4.23. The van der Waals surface area contributed by atoms with Crippen LogP contribution in [-0.4, -0.2) is 44.2 Å². The molecule has 0 saturated carbocycles. The average molecular weight is 277 g/mol. The SMILES string of the molecule is COc1ccc(CC(=O)N(C)C[C@H]2CCCCO2)cc1. The van der Waals surface area contributed by atoms with Crippen LogP contribution >= 0.6 is 0 Å². The Hall–Kier alpha value is -1.55. The van der Waals surface area contributed by atoms with Crippen LogP contribution in [0.25, 0.3) is 0 Å². The van der Waals surface area contributed by atoms with Crippen molar-refractivity contribution in [1.82, 2.24) is 4.90 Å². The van der Waals surface area contributed by atoms with E-state index in [0.717, 1.165) is 30.8 Å². The molecule has 1 aliphatic rings. The van der Waals surface area contributed by atoms with Crippen molar-refractivity contribution in [2.45, 2.75) is 31.8 Å². The zero-order valence-corrected chi connectivity index (χ0v) is 12.3. The summed E-state index contributed by atoms with van der Waals surface area (Å²) in [6.07, 6.45) is 4.02. The summed E-state index contributed by atoms with van der Waals surface area (Å²) >= 11 is 0. The molecule has 4 heteroatoms. The van der Waals surface area contributed by atoms with Crippen molar-refractivity contribution in [3.8, 4) is 5.75 Å². The van der Waals surface area contributed by atoms with Crippen LogP contribution in [0.4, 0.5) is 0 Å². The Labute approximate surface area is 120 Å². The number of ether oxygens (including phenoxy) is 2. The van der Waals surface area contributed by atoms with Gasteiger partial charge in [-0.05, 0) is 37.0 Å². The summed E-state index contributed by atoms with van der Waals surface area (Å²) in [6, 6.07) is 7.63. The minimum absolute atomic E-state index is 0.129. The number of carbonyl (C=O) groups is 1. The summed E-state index contributed by atoms with van der Waals surface area (Å²) in [7, 11) is 3.49. The Morgan fingerprint density at radius 2 is 2.10 bits per heavy atom. The van der Waals surface area contributed by atoms with E-state index in [1.165, 1.54) is 6.42 Å². The van der Waals surface area contributed by atoms with Crippen LogP contribution in [0.5, 0.6) is 5.75 Å². The van der Waals surface area contributed by atoms with Crippen LogP contribution in [0.1, 0.15) is 24.8 Å². The third-order valence-electron chi connectivity index (χ3n) is 3.69. The third-order valence-corrected chi connectivity index (χ3v) is 3.69. The molecule has 1 amide bonds. The maximum absolute atomic E-state index is 12.2. The van der Waals surface area contributed by atoms with E-state index in [0.29, 0.717) is 13.0 Å². The first kappa shape index (κ1) is 14.9. The molecule has 0 spiro atoms. The van der Waals surface area contributed by atoms with Crippen LogP contribution in [0, 0.1) is 0 Å². The van der Waals surface area contributed by atoms with E-state index in [9.17, 15) is 4.79 Å². The minimum Gasteiger partial charge on any atom is -0.497 e. The van der Waals surface area contributed by atoms with Gasteiger partial charge < -0.3 is 14.4 Å². The number of rotatable bonds is 5. The lowest BCUT2D eigenvalue weighted by Gasteiger charge is -2.27. The number of benzene rings is 1. The lowest BCUT2D eigenvalue weighted by molar-refractivity contribution is -0.131. The molecule has 0 unspecified atom stereocenters. The number of likely N-dealkylation sites (N-methyl/N-ethyl adjacent to an activating group) is 1. The van der Waals surface area contributed by atoms with E-state index in [2.05, 4.69) is 0 Å². The highest BCUT2D eigenvalue weighted by atomic mass is 16.5. The highest BCUT2D eigenvalue weighted by Crippen LogP contribution is 2.15. The quantitative estimate of drug-likeness (QED) is 0.828. The van der Waals surface area contributed by atoms with Crippen molar-refractivity contribution in [2.24, 2.45) is 0 Å². The minimum atomic E-state index is 0.129. The van der Waals surface area contributed by atoms with Crippen molar-refractivity contribution in [2.75, 3.05) is 27.3 Å². The summed E-state index contributed by atoms with van der Waals surface area (Å²) in [5.41, 5.74) is 1.01. The van der Waals surface area contributed by atoms with Gasteiger partial charge in [-0.15, -0.1) is 0 Å². The van der Waals surface area contributed by atoms with Gasteiger partial charge in [-0.3, -0.25) is 4.79 Å². The average Bonchev–Trinajstić information content (AvgIpc) is 2.49. The van der Waals surface area contributed by atoms with Gasteiger partial charge in [0, 0.05) is 20.2 Å². The fraction of sp³-hybridized carbons (Fsp3) is 0.562. The first-order valence-corrected chi connectivity index (χ1v) is 7.17. The van der Waals surface area contributed by atoms with Crippen molar-refractivity contribution in [1.29, 1.82) is 0 Å². The summed E-state index contributed by atoms with van der Waals surface area (Å²) < 4.78 is 10.8. The molecule has 1 saturated heterocycles. The van der Waals surface area contributed by atoms with Crippen molar-refractivity contribution < 1.29 is 14.3 Å².